The van der Waals surface area contributed by atoms with Crippen molar-refractivity contribution in [1.82, 2.24) is 5.32 Å². The van der Waals surface area contributed by atoms with Crippen LogP contribution >= 0.6 is 0 Å². The Bertz CT molecular complexity index is 417. The van der Waals surface area contributed by atoms with Crippen molar-refractivity contribution in [3.8, 4) is 0 Å². The highest BCUT2D eigenvalue weighted by atomic mass is 19.1. The molecular formula is C13H16FNO3. The molecule has 18 heavy (non-hydrogen) atoms. The van der Waals surface area contributed by atoms with E-state index in [1.54, 1.807) is 0 Å². The summed E-state index contributed by atoms with van der Waals surface area (Å²) in [7, 11) is 0. The van der Waals surface area contributed by atoms with Crippen LogP contribution in [-0.4, -0.2) is 23.0 Å². The largest absolute Gasteiger partial charge is 0.480 e. The maximum absolute atomic E-state index is 12.7. The van der Waals surface area contributed by atoms with E-state index in [4.69, 9.17) is 5.11 Å². The Balaban J connectivity index is 2.66. The fraction of sp³-hybridized carbons (Fsp3) is 0.385. The van der Waals surface area contributed by atoms with Crippen molar-refractivity contribution in [2.75, 3.05) is 0 Å². The number of aliphatic carboxylic acids is 1. The summed E-state index contributed by atoms with van der Waals surface area (Å²) < 4.78 is 12.7. The average molecular weight is 253 g/mol. The fourth-order valence-corrected chi connectivity index (χ4v) is 1.51. The third-order valence-electron chi connectivity index (χ3n) is 2.56. The molecule has 1 rings (SSSR count). The van der Waals surface area contributed by atoms with Crippen molar-refractivity contribution in [1.29, 1.82) is 0 Å². The Morgan fingerprint density at radius 2 is 1.94 bits per heavy atom. The monoisotopic (exact) mass is 253 g/mol. The van der Waals surface area contributed by atoms with E-state index in [9.17, 15) is 14.0 Å². The van der Waals surface area contributed by atoms with Crippen LogP contribution in [0.25, 0.3) is 0 Å². The van der Waals surface area contributed by atoms with Crippen LogP contribution < -0.4 is 5.32 Å². The molecule has 1 amide bonds. The number of hydrogen-bond donors (Lipinski definition) is 2. The number of hydrogen-bond acceptors (Lipinski definition) is 2. The molecule has 1 aromatic rings. The highest BCUT2D eigenvalue weighted by Gasteiger charge is 2.19. The van der Waals surface area contributed by atoms with Crippen LogP contribution in [-0.2, 0) is 4.79 Å². The smallest absolute Gasteiger partial charge is 0.326 e. The first-order chi connectivity index (χ1) is 8.54. The van der Waals surface area contributed by atoms with Gasteiger partial charge in [0, 0.05) is 5.56 Å². The van der Waals surface area contributed by atoms with Crippen molar-refractivity contribution in [3.05, 3.63) is 35.6 Å². The number of carbonyl (C=O) groups excluding carboxylic acids is 1. The highest BCUT2D eigenvalue weighted by molar-refractivity contribution is 5.96. The van der Waals surface area contributed by atoms with Crippen LogP contribution in [0.4, 0.5) is 4.39 Å². The Labute approximate surface area is 105 Å². The molecule has 0 radical (unpaired) electrons. The van der Waals surface area contributed by atoms with E-state index in [1.807, 2.05) is 6.92 Å². The van der Waals surface area contributed by atoms with E-state index in [-0.39, 0.29) is 5.56 Å². The minimum atomic E-state index is -1.06. The van der Waals surface area contributed by atoms with E-state index in [1.165, 1.54) is 12.1 Å². The minimum absolute atomic E-state index is 0.249. The second-order valence-corrected chi connectivity index (χ2v) is 4.01. The summed E-state index contributed by atoms with van der Waals surface area (Å²) in [5.74, 6) is -2.00. The lowest BCUT2D eigenvalue weighted by atomic mass is 10.1. The van der Waals surface area contributed by atoms with Gasteiger partial charge in [0.05, 0.1) is 0 Å². The third-order valence-corrected chi connectivity index (χ3v) is 2.56. The number of carboxylic acids is 1. The zero-order valence-electron chi connectivity index (χ0n) is 10.1. The van der Waals surface area contributed by atoms with E-state index in [0.29, 0.717) is 6.42 Å². The van der Waals surface area contributed by atoms with E-state index >= 15 is 0 Å². The van der Waals surface area contributed by atoms with E-state index in [2.05, 4.69) is 5.32 Å². The zero-order chi connectivity index (χ0) is 13.5. The van der Waals surface area contributed by atoms with Crippen LogP contribution in [0.15, 0.2) is 24.3 Å². The van der Waals surface area contributed by atoms with Gasteiger partial charge in [-0.1, -0.05) is 19.8 Å². The van der Waals surface area contributed by atoms with Crippen molar-refractivity contribution in [2.45, 2.75) is 32.2 Å². The molecule has 0 aliphatic rings. The van der Waals surface area contributed by atoms with Crippen LogP contribution in [0, 0.1) is 5.82 Å². The quantitative estimate of drug-likeness (QED) is 0.816. The summed E-state index contributed by atoms with van der Waals surface area (Å²) in [4.78, 5) is 22.7. The van der Waals surface area contributed by atoms with Gasteiger partial charge in [0.2, 0.25) is 0 Å². The van der Waals surface area contributed by atoms with Gasteiger partial charge < -0.3 is 10.4 Å². The average Bonchev–Trinajstić information content (AvgIpc) is 2.34. The first-order valence-corrected chi connectivity index (χ1v) is 5.83. The van der Waals surface area contributed by atoms with Crippen LogP contribution in [0.2, 0.25) is 0 Å². The summed E-state index contributed by atoms with van der Waals surface area (Å²) in [6.07, 6.45) is 1.97. The van der Waals surface area contributed by atoms with E-state index in [0.717, 1.165) is 25.0 Å². The molecule has 0 heterocycles. The molecule has 5 heteroatoms. The molecule has 1 aromatic carbocycles. The number of unbranched alkanes of at least 4 members (excludes halogenated alkanes) is 1. The molecule has 2 N–H and O–H groups in total. The van der Waals surface area contributed by atoms with Gasteiger partial charge in [0.1, 0.15) is 11.9 Å². The van der Waals surface area contributed by atoms with Crippen molar-refractivity contribution < 1.29 is 19.1 Å². The standard InChI is InChI=1S/C13H16FNO3/c1-2-3-4-11(13(17)18)15-12(16)9-5-7-10(14)8-6-9/h5-8,11H,2-4H2,1H3,(H,15,16)(H,17,18)/t11-/m1/s1. The predicted octanol–water partition coefficient (Wildman–Crippen LogP) is 2.20. The van der Waals surface area contributed by atoms with Crippen molar-refractivity contribution >= 4 is 11.9 Å². The molecule has 0 aromatic heterocycles. The summed E-state index contributed by atoms with van der Waals surface area (Å²) >= 11 is 0. The SMILES string of the molecule is CCCC[C@@H](NC(=O)c1ccc(F)cc1)C(=O)O. The first kappa shape index (κ1) is 14.2. The van der Waals surface area contributed by atoms with Crippen molar-refractivity contribution in [3.63, 3.8) is 0 Å². The molecule has 0 unspecified atom stereocenters. The van der Waals surface area contributed by atoms with Gasteiger partial charge in [0.15, 0.2) is 0 Å². The molecule has 0 aliphatic heterocycles. The zero-order valence-corrected chi connectivity index (χ0v) is 10.1. The number of carboxylic acid groups (broad SMARTS) is 1. The topological polar surface area (TPSA) is 66.4 Å². The fourth-order valence-electron chi connectivity index (χ4n) is 1.51. The number of amides is 1. The second kappa shape index (κ2) is 6.74. The second-order valence-electron chi connectivity index (χ2n) is 4.01. The van der Waals surface area contributed by atoms with Crippen molar-refractivity contribution in [2.24, 2.45) is 0 Å². The summed E-state index contributed by atoms with van der Waals surface area (Å²) in [5.41, 5.74) is 0.249. The molecule has 1 atom stereocenters. The number of rotatable bonds is 6. The van der Waals surface area contributed by atoms with Gasteiger partial charge in [-0.05, 0) is 30.7 Å². The highest BCUT2D eigenvalue weighted by Crippen LogP contribution is 2.05. The molecular weight excluding hydrogens is 237 g/mol. The number of benzene rings is 1. The van der Waals surface area contributed by atoms with E-state index < -0.39 is 23.7 Å². The predicted molar refractivity (Wildman–Crippen MR) is 64.8 cm³/mol. The number of nitrogens with one attached hydrogen (secondary N) is 1. The Hall–Kier alpha value is -1.91. The lowest BCUT2D eigenvalue weighted by Crippen LogP contribution is -2.40. The van der Waals surface area contributed by atoms with Crippen LogP contribution in [0.1, 0.15) is 36.5 Å². The molecule has 0 saturated carbocycles. The van der Waals surface area contributed by atoms with Crippen LogP contribution in [0.5, 0.6) is 0 Å². The summed E-state index contributed by atoms with van der Waals surface area (Å²) in [5, 5.41) is 11.4. The Kier molecular flexibility index (Phi) is 5.30. The molecule has 0 spiro atoms. The Morgan fingerprint density at radius 3 is 2.44 bits per heavy atom. The van der Waals surface area contributed by atoms with Gasteiger partial charge in [0.25, 0.3) is 5.91 Å². The lowest BCUT2D eigenvalue weighted by Gasteiger charge is -2.13. The third kappa shape index (κ3) is 4.16. The van der Waals surface area contributed by atoms with Gasteiger partial charge in [-0.2, -0.15) is 0 Å². The normalized spacial score (nSPS) is 11.9. The maximum Gasteiger partial charge on any atom is 0.326 e. The molecule has 98 valence electrons. The van der Waals surface area contributed by atoms with Gasteiger partial charge in [-0.3, -0.25) is 4.79 Å². The molecule has 0 aliphatic carbocycles. The first-order valence-electron chi connectivity index (χ1n) is 5.83. The minimum Gasteiger partial charge on any atom is -0.480 e. The maximum atomic E-state index is 12.7. The molecule has 4 nitrogen and oxygen atoms in total. The summed E-state index contributed by atoms with van der Waals surface area (Å²) in [6.45, 7) is 1.95. The number of halogens is 1. The van der Waals surface area contributed by atoms with Gasteiger partial charge in [-0.15, -0.1) is 0 Å². The van der Waals surface area contributed by atoms with Crippen LogP contribution in [0.3, 0.4) is 0 Å². The molecule has 0 saturated heterocycles. The molecule has 0 fully saturated rings. The number of carbonyl (C=O) groups is 2. The molecule has 0 bridgehead atoms. The lowest BCUT2D eigenvalue weighted by molar-refractivity contribution is -0.139. The van der Waals surface area contributed by atoms with Gasteiger partial charge in [-0.25, -0.2) is 9.18 Å². The van der Waals surface area contributed by atoms with Gasteiger partial charge >= 0.3 is 5.97 Å². The summed E-state index contributed by atoms with van der Waals surface area (Å²) in [6, 6.07) is 4.07. The Morgan fingerprint density at radius 1 is 1.33 bits per heavy atom.